The molecule has 1 aliphatic heterocycles. The molecule has 0 radical (unpaired) electrons. The number of aryl methyl sites for hydroxylation is 2. The smallest absolute Gasteiger partial charge is 0.241 e. The summed E-state index contributed by atoms with van der Waals surface area (Å²) in [5.41, 5.74) is 2.89. The van der Waals surface area contributed by atoms with Crippen LogP contribution in [-0.2, 0) is 4.79 Å². The lowest BCUT2D eigenvalue weighted by molar-refractivity contribution is -0.137. The molecule has 134 valence electrons. The van der Waals surface area contributed by atoms with E-state index in [9.17, 15) is 4.79 Å². The standard InChI is InChI=1S/C19H32N4O/c1-14(17-15(2)21-22-16(17)3)20-18(24)19(10-6-4-7-11-19)23-12-8-5-9-13-23/h14H,4-13H2,1-3H3,(H,20,24)(H,21,22). The highest BCUT2D eigenvalue weighted by molar-refractivity contribution is 5.87. The molecular formula is C19H32N4O. The Hall–Kier alpha value is -1.36. The van der Waals surface area contributed by atoms with Gasteiger partial charge in [-0.05, 0) is 59.5 Å². The molecule has 5 nitrogen and oxygen atoms in total. The number of hydrogen-bond donors (Lipinski definition) is 2. The van der Waals surface area contributed by atoms with Gasteiger partial charge in [0.25, 0.3) is 0 Å². The lowest BCUT2D eigenvalue weighted by Gasteiger charge is -2.47. The fraction of sp³-hybridized carbons (Fsp3) is 0.789. The number of H-pyrrole nitrogens is 1. The van der Waals surface area contributed by atoms with Gasteiger partial charge in [0.05, 0.1) is 11.7 Å². The fourth-order valence-corrected chi connectivity index (χ4v) is 4.75. The van der Waals surface area contributed by atoms with E-state index in [1.165, 1.54) is 38.5 Å². The minimum Gasteiger partial charge on any atom is -0.348 e. The first-order chi connectivity index (χ1) is 11.5. The number of hydrogen-bond acceptors (Lipinski definition) is 3. The Kier molecular flexibility index (Phi) is 5.28. The molecule has 2 N–H and O–H groups in total. The minimum atomic E-state index is -0.279. The van der Waals surface area contributed by atoms with Crippen LogP contribution >= 0.6 is 0 Å². The summed E-state index contributed by atoms with van der Waals surface area (Å²) in [6.45, 7) is 8.26. The van der Waals surface area contributed by atoms with Crippen LogP contribution in [0.2, 0.25) is 0 Å². The summed E-state index contributed by atoms with van der Waals surface area (Å²) in [5.74, 6) is 0.233. The number of aromatic amines is 1. The van der Waals surface area contributed by atoms with Crippen LogP contribution in [0.15, 0.2) is 0 Å². The predicted molar refractivity (Wildman–Crippen MR) is 95.9 cm³/mol. The average molecular weight is 332 g/mol. The van der Waals surface area contributed by atoms with E-state index in [1.54, 1.807) is 0 Å². The van der Waals surface area contributed by atoms with Crippen molar-refractivity contribution in [2.45, 2.75) is 83.7 Å². The minimum absolute atomic E-state index is 0.000146. The van der Waals surface area contributed by atoms with Gasteiger partial charge in [0.1, 0.15) is 5.54 Å². The summed E-state index contributed by atoms with van der Waals surface area (Å²) in [4.78, 5) is 15.9. The molecule has 1 saturated heterocycles. The van der Waals surface area contributed by atoms with E-state index in [4.69, 9.17) is 0 Å². The molecule has 5 heteroatoms. The third-order valence-electron chi connectivity index (χ3n) is 6.03. The van der Waals surface area contributed by atoms with E-state index in [2.05, 4.69) is 27.3 Å². The van der Waals surface area contributed by atoms with Crippen LogP contribution in [0.4, 0.5) is 0 Å². The summed E-state index contributed by atoms with van der Waals surface area (Å²) < 4.78 is 0. The Morgan fingerprint density at radius 2 is 1.75 bits per heavy atom. The summed E-state index contributed by atoms with van der Waals surface area (Å²) in [7, 11) is 0. The monoisotopic (exact) mass is 332 g/mol. The zero-order valence-corrected chi connectivity index (χ0v) is 15.5. The molecule has 1 atom stereocenters. The van der Waals surface area contributed by atoms with Crippen molar-refractivity contribution in [1.82, 2.24) is 20.4 Å². The Morgan fingerprint density at radius 3 is 2.33 bits per heavy atom. The summed E-state index contributed by atoms with van der Waals surface area (Å²) in [6, 6.07) is -0.000146. The molecule has 1 aromatic heterocycles. The van der Waals surface area contributed by atoms with Crippen LogP contribution in [0.1, 0.15) is 81.3 Å². The molecule has 1 amide bonds. The van der Waals surface area contributed by atoms with E-state index >= 15 is 0 Å². The van der Waals surface area contributed by atoms with Crippen LogP contribution < -0.4 is 5.32 Å². The highest BCUT2D eigenvalue weighted by Crippen LogP contribution is 2.36. The molecule has 1 saturated carbocycles. The SMILES string of the molecule is Cc1n[nH]c(C)c1C(C)NC(=O)C1(N2CCCCC2)CCCCC1. The normalized spacial score (nSPS) is 23.0. The molecule has 0 spiro atoms. The number of amides is 1. The number of carbonyl (C=O) groups is 1. The van der Waals surface area contributed by atoms with Crippen molar-refractivity contribution >= 4 is 5.91 Å². The second-order valence-corrected chi connectivity index (χ2v) is 7.68. The maximum absolute atomic E-state index is 13.4. The summed E-state index contributed by atoms with van der Waals surface area (Å²) in [6.07, 6.45) is 9.37. The van der Waals surface area contributed by atoms with E-state index in [0.717, 1.165) is 42.9 Å². The highest BCUT2D eigenvalue weighted by Gasteiger charge is 2.45. The second kappa shape index (κ2) is 7.26. The molecule has 1 unspecified atom stereocenters. The van der Waals surface area contributed by atoms with Crippen molar-refractivity contribution in [3.63, 3.8) is 0 Å². The van der Waals surface area contributed by atoms with Gasteiger partial charge in [0, 0.05) is 11.3 Å². The van der Waals surface area contributed by atoms with Crippen molar-refractivity contribution in [3.05, 3.63) is 17.0 Å². The largest absolute Gasteiger partial charge is 0.348 e. The Balaban J connectivity index is 1.78. The number of nitrogens with zero attached hydrogens (tertiary/aromatic N) is 2. The summed E-state index contributed by atoms with van der Waals surface area (Å²) >= 11 is 0. The van der Waals surface area contributed by atoms with E-state index in [0.29, 0.717) is 0 Å². The Morgan fingerprint density at radius 1 is 1.12 bits per heavy atom. The van der Waals surface area contributed by atoms with Gasteiger partial charge in [0.15, 0.2) is 0 Å². The fourth-order valence-electron chi connectivity index (χ4n) is 4.75. The zero-order chi connectivity index (χ0) is 17.2. The molecule has 2 fully saturated rings. The lowest BCUT2D eigenvalue weighted by atomic mass is 9.78. The first-order valence-corrected chi connectivity index (χ1v) is 9.62. The van der Waals surface area contributed by atoms with Crippen molar-refractivity contribution in [2.24, 2.45) is 0 Å². The average Bonchev–Trinajstić information content (AvgIpc) is 2.95. The van der Waals surface area contributed by atoms with Crippen LogP contribution in [0.3, 0.4) is 0 Å². The number of likely N-dealkylation sites (tertiary alicyclic amines) is 1. The first-order valence-electron chi connectivity index (χ1n) is 9.62. The van der Waals surface area contributed by atoms with Crippen LogP contribution in [0.25, 0.3) is 0 Å². The van der Waals surface area contributed by atoms with Crippen molar-refractivity contribution in [2.75, 3.05) is 13.1 Å². The number of rotatable bonds is 4. The van der Waals surface area contributed by atoms with E-state index in [1.807, 2.05) is 13.8 Å². The third kappa shape index (κ3) is 3.23. The first kappa shape index (κ1) is 17.5. The van der Waals surface area contributed by atoms with Crippen molar-refractivity contribution < 1.29 is 4.79 Å². The maximum Gasteiger partial charge on any atom is 0.241 e. The van der Waals surface area contributed by atoms with Crippen LogP contribution in [-0.4, -0.2) is 39.6 Å². The van der Waals surface area contributed by atoms with Gasteiger partial charge in [-0.25, -0.2) is 0 Å². The van der Waals surface area contributed by atoms with Crippen LogP contribution in [0.5, 0.6) is 0 Å². The van der Waals surface area contributed by atoms with E-state index in [-0.39, 0.29) is 17.5 Å². The number of nitrogens with one attached hydrogen (secondary N) is 2. The Labute approximate surface area is 145 Å². The Bertz CT molecular complexity index is 548. The molecule has 3 rings (SSSR count). The molecule has 2 heterocycles. The van der Waals surface area contributed by atoms with E-state index < -0.39 is 0 Å². The van der Waals surface area contributed by atoms with Gasteiger partial charge in [-0.15, -0.1) is 0 Å². The van der Waals surface area contributed by atoms with Gasteiger partial charge in [0.2, 0.25) is 5.91 Å². The second-order valence-electron chi connectivity index (χ2n) is 7.68. The maximum atomic E-state index is 13.4. The molecule has 0 bridgehead atoms. The van der Waals surface area contributed by atoms with Crippen molar-refractivity contribution in [3.8, 4) is 0 Å². The van der Waals surface area contributed by atoms with Crippen molar-refractivity contribution in [1.29, 1.82) is 0 Å². The van der Waals surface area contributed by atoms with Crippen LogP contribution in [0, 0.1) is 13.8 Å². The highest BCUT2D eigenvalue weighted by atomic mass is 16.2. The molecular weight excluding hydrogens is 300 g/mol. The molecule has 2 aliphatic rings. The molecule has 1 aromatic rings. The van der Waals surface area contributed by atoms with Gasteiger partial charge in [-0.3, -0.25) is 14.8 Å². The van der Waals surface area contributed by atoms with Gasteiger partial charge in [-0.1, -0.05) is 25.7 Å². The van der Waals surface area contributed by atoms with Gasteiger partial charge < -0.3 is 5.32 Å². The third-order valence-corrected chi connectivity index (χ3v) is 6.03. The van der Waals surface area contributed by atoms with Gasteiger partial charge in [-0.2, -0.15) is 5.10 Å². The topological polar surface area (TPSA) is 61.0 Å². The number of piperidine rings is 1. The molecule has 1 aliphatic carbocycles. The quantitative estimate of drug-likeness (QED) is 0.888. The summed E-state index contributed by atoms with van der Waals surface area (Å²) in [5, 5.41) is 10.6. The number of carbonyl (C=O) groups excluding carboxylic acids is 1. The van der Waals surface area contributed by atoms with Gasteiger partial charge >= 0.3 is 0 Å². The number of aromatic nitrogens is 2. The zero-order valence-electron chi connectivity index (χ0n) is 15.5. The predicted octanol–water partition coefficient (Wildman–Crippen LogP) is 3.39. The molecule has 0 aromatic carbocycles. The molecule has 24 heavy (non-hydrogen) atoms. The lowest BCUT2D eigenvalue weighted by Crippen LogP contribution is -2.61.